The summed E-state index contributed by atoms with van der Waals surface area (Å²) in [5, 5.41) is 3.24. The van der Waals surface area contributed by atoms with Gasteiger partial charge in [0.2, 0.25) is 0 Å². The van der Waals surface area contributed by atoms with Gasteiger partial charge in [-0.2, -0.15) is 13.2 Å². The van der Waals surface area contributed by atoms with Crippen molar-refractivity contribution in [3.05, 3.63) is 35.4 Å². The van der Waals surface area contributed by atoms with Crippen molar-refractivity contribution in [3.8, 4) is 0 Å². The van der Waals surface area contributed by atoms with E-state index in [1.807, 2.05) is 13.8 Å². The molecule has 0 bridgehead atoms. The molecule has 0 fully saturated rings. The molecule has 102 valence electrons. The summed E-state index contributed by atoms with van der Waals surface area (Å²) < 4.78 is 38.6. The molecule has 0 aliphatic heterocycles. The highest BCUT2D eigenvalue weighted by atomic mass is 19.4. The highest BCUT2D eigenvalue weighted by molar-refractivity contribution is 5.30. The Morgan fingerprint density at radius 2 is 1.83 bits per heavy atom. The van der Waals surface area contributed by atoms with Crippen LogP contribution in [-0.4, -0.2) is 12.6 Å². The fraction of sp³-hybridized carbons (Fsp3) is 0.571. The molecule has 0 aliphatic carbocycles. The number of hydrogen-bond acceptors (Lipinski definition) is 1. The second kappa shape index (κ2) is 6.78. The van der Waals surface area contributed by atoms with Gasteiger partial charge in [-0.15, -0.1) is 0 Å². The molecule has 1 rings (SSSR count). The molecule has 1 nitrogen and oxygen atoms in total. The lowest BCUT2D eigenvalue weighted by Gasteiger charge is -2.20. The van der Waals surface area contributed by atoms with Crippen LogP contribution in [0.1, 0.15) is 37.8 Å². The summed E-state index contributed by atoms with van der Waals surface area (Å²) >= 11 is 0. The SMILES string of the molecule is CCCC(Cc1ccccc1C(F)(F)F)NCC. The van der Waals surface area contributed by atoms with Crippen molar-refractivity contribution < 1.29 is 13.2 Å². The standard InChI is InChI=1S/C14H20F3N/c1-3-7-12(18-4-2)10-11-8-5-6-9-13(11)14(15,16)17/h5-6,8-9,12,18H,3-4,7,10H2,1-2H3. The second-order valence-corrected chi connectivity index (χ2v) is 4.40. The molecule has 0 radical (unpaired) electrons. The van der Waals surface area contributed by atoms with Crippen LogP contribution in [0.4, 0.5) is 13.2 Å². The summed E-state index contributed by atoms with van der Waals surface area (Å²) in [7, 11) is 0. The molecular formula is C14H20F3N. The topological polar surface area (TPSA) is 12.0 Å². The van der Waals surface area contributed by atoms with Crippen molar-refractivity contribution in [3.63, 3.8) is 0 Å². The van der Waals surface area contributed by atoms with Crippen LogP contribution in [0.25, 0.3) is 0 Å². The lowest BCUT2D eigenvalue weighted by molar-refractivity contribution is -0.138. The summed E-state index contributed by atoms with van der Waals surface area (Å²) in [6, 6.07) is 5.95. The third-order valence-corrected chi connectivity index (χ3v) is 2.92. The molecule has 1 aromatic rings. The number of nitrogens with one attached hydrogen (secondary N) is 1. The molecule has 18 heavy (non-hydrogen) atoms. The molecule has 0 saturated carbocycles. The lowest BCUT2D eigenvalue weighted by atomic mass is 9.97. The molecule has 0 aliphatic rings. The van der Waals surface area contributed by atoms with Crippen molar-refractivity contribution in [1.82, 2.24) is 5.32 Å². The quantitative estimate of drug-likeness (QED) is 0.813. The molecule has 1 N–H and O–H groups in total. The van der Waals surface area contributed by atoms with Crippen LogP contribution in [-0.2, 0) is 12.6 Å². The second-order valence-electron chi connectivity index (χ2n) is 4.40. The van der Waals surface area contributed by atoms with Gasteiger partial charge in [-0.3, -0.25) is 0 Å². The van der Waals surface area contributed by atoms with Crippen LogP contribution in [0.15, 0.2) is 24.3 Å². The van der Waals surface area contributed by atoms with Crippen LogP contribution < -0.4 is 5.32 Å². The van der Waals surface area contributed by atoms with E-state index in [1.54, 1.807) is 12.1 Å². The Hall–Kier alpha value is -1.03. The zero-order chi connectivity index (χ0) is 13.6. The van der Waals surface area contributed by atoms with Gasteiger partial charge >= 0.3 is 6.18 Å². The van der Waals surface area contributed by atoms with Crippen molar-refractivity contribution >= 4 is 0 Å². The molecule has 0 saturated heterocycles. The molecular weight excluding hydrogens is 239 g/mol. The minimum atomic E-state index is -4.26. The van der Waals surface area contributed by atoms with E-state index in [-0.39, 0.29) is 6.04 Å². The van der Waals surface area contributed by atoms with Gasteiger partial charge in [0.1, 0.15) is 0 Å². The summed E-state index contributed by atoms with van der Waals surface area (Å²) in [6.07, 6.45) is -1.98. The Bertz CT molecular complexity index is 354. The molecule has 4 heteroatoms. The van der Waals surface area contributed by atoms with Crippen molar-refractivity contribution in [2.45, 2.75) is 45.3 Å². The van der Waals surface area contributed by atoms with Gasteiger partial charge in [0.05, 0.1) is 5.56 Å². The minimum absolute atomic E-state index is 0.114. The van der Waals surface area contributed by atoms with Gasteiger partial charge in [-0.25, -0.2) is 0 Å². The summed E-state index contributed by atoms with van der Waals surface area (Å²) in [5.41, 5.74) is -0.131. The van der Waals surface area contributed by atoms with E-state index in [0.717, 1.165) is 25.5 Å². The predicted molar refractivity (Wildman–Crippen MR) is 67.5 cm³/mol. The highest BCUT2D eigenvalue weighted by Crippen LogP contribution is 2.32. The largest absolute Gasteiger partial charge is 0.416 e. The minimum Gasteiger partial charge on any atom is -0.314 e. The van der Waals surface area contributed by atoms with Gasteiger partial charge in [-0.1, -0.05) is 38.5 Å². The van der Waals surface area contributed by atoms with Crippen LogP contribution in [0.2, 0.25) is 0 Å². The maximum atomic E-state index is 12.9. The third-order valence-electron chi connectivity index (χ3n) is 2.92. The monoisotopic (exact) mass is 259 g/mol. The van der Waals surface area contributed by atoms with Gasteiger partial charge in [0.25, 0.3) is 0 Å². The van der Waals surface area contributed by atoms with Crippen LogP contribution in [0.5, 0.6) is 0 Å². The third kappa shape index (κ3) is 4.33. The van der Waals surface area contributed by atoms with E-state index in [2.05, 4.69) is 5.32 Å². The van der Waals surface area contributed by atoms with Crippen molar-refractivity contribution in [2.24, 2.45) is 0 Å². The van der Waals surface area contributed by atoms with E-state index in [9.17, 15) is 13.2 Å². The molecule has 0 amide bonds. The number of alkyl halides is 3. The Balaban J connectivity index is 2.88. The molecule has 0 spiro atoms. The van der Waals surface area contributed by atoms with Gasteiger partial charge in [0.15, 0.2) is 0 Å². The van der Waals surface area contributed by atoms with Gasteiger partial charge < -0.3 is 5.32 Å². The van der Waals surface area contributed by atoms with Gasteiger partial charge in [-0.05, 0) is 31.0 Å². The molecule has 1 atom stereocenters. The van der Waals surface area contributed by atoms with Crippen LogP contribution >= 0.6 is 0 Å². The first-order valence-corrected chi connectivity index (χ1v) is 6.37. The fourth-order valence-corrected chi connectivity index (χ4v) is 2.15. The van der Waals surface area contributed by atoms with Crippen molar-refractivity contribution in [1.29, 1.82) is 0 Å². The van der Waals surface area contributed by atoms with E-state index < -0.39 is 11.7 Å². The maximum absolute atomic E-state index is 12.9. The number of benzene rings is 1. The zero-order valence-corrected chi connectivity index (χ0v) is 10.8. The summed E-state index contributed by atoms with van der Waals surface area (Å²) in [4.78, 5) is 0. The zero-order valence-electron chi connectivity index (χ0n) is 10.8. The average Bonchev–Trinajstić information content (AvgIpc) is 2.29. The summed E-state index contributed by atoms with van der Waals surface area (Å²) in [6.45, 7) is 4.79. The Labute approximate surface area is 106 Å². The Kier molecular flexibility index (Phi) is 5.66. The predicted octanol–water partition coefficient (Wildman–Crippen LogP) is 4.03. The van der Waals surface area contributed by atoms with Crippen molar-refractivity contribution in [2.75, 3.05) is 6.54 Å². The van der Waals surface area contributed by atoms with Gasteiger partial charge in [0, 0.05) is 6.04 Å². The first-order chi connectivity index (χ1) is 8.49. The smallest absolute Gasteiger partial charge is 0.314 e. The Morgan fingerprint density at radius 1 is 1.17 bits per heavy atom. The van der Waals surface area contributed by atoms with Crippen LogP contribution in [0, 0.1) is 0 Å². The number of halogens is 3. The van der Waals surface area contributed by atoms with E-state index in [1.165, 1.54) is 6.07 Å². The normalized spacial score (nSPS) is 13.6. The van der Waals surface area contributed by atoms with E-state index in [4.69, 9.17) is 0 Å². The lowest BCUT2D eigenvalue weighted by Crippen LogP contribution is -2.31. The number of likely N-dealkylation sites (N-methyl/N-ethyl adjacent to an activating group) is 1. The molecule has 0 aromatic heterocycles. The average molecular weight is 259 g/mol. The molecule has 1 unspecified atom stereocenters. The number of rotatable bonds is 6. The number of hydrogen-bond donors (Lipinski definition) is 1. The fourth-order valence-electron chi connectivity index (χ4n) is 2.15. The summed E-state index contributed by atoms with van der Waals surface area (Å²) in [5.74, 6) is 0. The Morgan fingerprint density at radius 3 is 2.39 bits per heavy atom. The first-order valence-electron chi connectivity index (χ1n) is 6.37. The maximum Gasteiger partial charge on any atom is 0.416 e. The van der Waals surface area contributed by atoms with E-state index >= 15 is 0 Å². The first kappa shape index (κ1) is 15.0. The van der Waals surface area contributed by atoms with Crippen LogP contribution in [0.3, 0.4) is 0 Å². The highest BCUT2D eigenvalue weighted by Gasteiger charge is 2.33. The molecule has 0 heterocycles. The molecule has 1 aromatic carbocycles. The van der Waals surface area contributed by atoms with E-state index in [0.29, 0.717) is 12.0 Å².